The Bertz CT molecular complexity index is 1020. The molecule has 0 unspecified atom stereocenters. The molecule has 5 rings (SSSR count). The van der Waals surface area contributed by atoms with E-state index in [0.29, 0.717) is 0 Å². The molecular formula is C22H25N5. The molecule has 0 saturated heterocycles. The second-order valence-electron chi connectivity index (χ2n) is 7.67. The van der Waals surface area contributed by atoms with E-state index in [1.807, 2.05) is 6.20 Å². The lowest BCUT2D eigenvalue weighted by Crippen LogP contribution is -2.32. The largest absolute Gasteiger partial charge is 0.346 e. The Balaban J connectivity index is 1.35. The molecule has 2 aliphatic rings. The highest BCUT2D eigenvalue weighted by Crippen LogP contribution is 2.23. The van der Waals surface area contributed by atoms with Crippen molar-refractivity contribution < 1.29 is 0 Å². The number of nitrogens with zero attached hydrogens (tertiary/aromatic N) is 5. The van der Waals surface area contributed by atoms with Crippen LogP contribution in [0.15, 0.2) is 41.5 Å². The van der Waals surface area contributed by atoms with Crippen molar-refractivity contribution in [2.75, 3.05) is 13.1 Å². The van der Waals surface area contributed by atoms with Gasteiger partial charge in [-0.1, -0.05) is 18.2 Å². The lowest BCUT2D eigenvalue weighted by Gasteiger charge is -2.28. The van der Waals surface area contributed by atoms with Crippen LogP contribution in [0.4, 0.5) is 0 Å². The van der Waals surface area contributed by atoms with E-state index in [2.05, 4.69) is 56.8 Å². The van der Waals surface area contributed by atoms with Crippen molar-refractivity contribution in [2.24, 2.45) is 12.0 Å². The first kappa shape index (κ1) is 16.6. The minimum Gasteiger partial charge on any atom is -0.346 e. The van der Waals surface area contributed by atoms with Crippen molar-refractivity contribution in [3.63, 3.8) is 0 Å². The topological polar surface area (TPSA) is 46.3 Å². The fourth-order valence-electron chi connectivity index (χ4n) is 4.26. The molecule has 5 heteroatoms. The standard InChI is InChI=1S/C22H25N5/c1-26-18(12-16-6-2-3-8-21(16)26)15-27-11-9-19-17(14-27)13-24-22(25-19)20-7-4-5-10-23-20/h2-3,6,8,12-13H,4-5,7,9-11,14-15H2,1H3. The minimum absolute atomic E-state index is 0.857. The van der Waals surface area contributed by atoms with Crippen LogP contribution >= 0.6 is 0 Å². The van der Waals surface area contributed by atoms with Crippen molar-refractivity contribution in [2.45, 2.75) is 38.8 Å². The summed E-state index contributed by atoms with van der Waals surface area (Å²) in [6, 6.07) is 10.9. The van der Waals surface area contributed by atoms with Crippen LogP contribution in [-0.2, 0) is 26.6 Å². The fraction of sp³-hybridized carbons (Fsp3) is 0.409. The summed E-state index contributed by atoms with van der Waals surface area (Å²) < 4.78 is 2.31. The first-order chi connectivity index (χ1) is 13.3. The number of benzene rings is 1. The molecule has 1 aromatic carbocycles. The average Bonchev–Trinajstić information content (AvgIpc) is 3.04. The Hall–Kier alpha value is -2.53. The molecule has 0 fully saturated rings. The number of fused-ring (bicyclic) bond motifs is 2. The summed E-state index contributed by atoms with van der Waals surface area (Å²) in [5.74, 6) is 0.857. The van der Waals surface area contributed by atoms with Gasteiger partial charge in [-0.05, 0) is 36.8 Å². The molecule has 0 bridgehead atoms. The van der Waals surface area contributed by atoms with Gasteiger partial charge in [0.25, 0.3) is 0 Å². The molecule has 0 aliphatic carbocycles. The molecule has 0 amide bonds. The lowest BCUT2D eigenvalue weighted by molar-refractivity contribution is 0.238. The molecule has 138 valence electrons. The van der Waals surface area contributed by atoms with Gasteiger partial charge in [0.1, 0.15) is 0 Å². The quantitative estimate of drug-likeness (QED) is 0.719. The van der Waals surface area contributed by atoms with Crippen molar-refractivity contribution >= 4 is 16.6 Å². The summed E-state index contributed by atoms with van der Waals surface area (Å²) in [7, 11) is 2.16. The van der Waals surface area contributed by atoms with Gasteiger partial charge in [-0.25, -0.2) is 9.97 Å². The molecule has 0 spiro atoms. The van der Waals surface area contributed by atoms with E-state index < -0.39 is 0 Å². The molecule has 2 aliphatic heterocycles. The maximum Gasteiger partial charge on any atom is 0.173 e. The Morgan fingerprint density at radius 2 is 2.04 bits per heavy atom. The number of para-hydroxylation sites is 1. The van der Waals surface area contributed by atoms with Crippen LogP contribution in [0.25, 0.3) is 10.9 Å². The molecule has 5 nitrogen and oxygen atoms in total. The number of hydrogen-bond acceptors (Lipinski definition) is 4. The smallest absolute Gasteiger partial charge is 0.173 e. The maximum absolute atomic E-state index is 4.86. The van der Waals surface area contributed by atoms with Gasteiger partial charge in [-0.2, -0.15) is 0 Å². The van der Waals surface area contributed by atoms with Crippen LogP contribution < -0.4 is 0 Å². The van der Waals surface area contributed by atoms with Crippen LogP contribution in [0.3, 0.4) is 0 Å². The van der Waals surface area contributed by atoms with Gasteiger partial charge in [0, 0.05) is 62.6 Å². The van der Waals surface area contributed by atoms with E-state index in [-0.39, 0.29) is 0 Å². The van der Waals surface area contributed by atoms with E-state index in [4.69, 9.17) is 4.98 Å². The summed E-state index contributed by atoms with van der Waals surface area (Å²) in [5, 5.41) is 1.31. The summed E-state index contributed by atoms with van der Waals surface area (Å²) in [6.07, 6.45) is 6.44. The maximum atomic E-state index is 4.86. The Morgan fingerprint density at radius 3 is 2.89 bits per heavy atom. The zero-order chi connectivity index (χ0) is 18.2. The van der Waals surface area contributed by atoms with Gasteiger partial charge in [0.15, 0.2) is 5.82 Å². The molecule has 0 atom stereocenters. The van der Waals surface area contributed by atoms with Crippen LogP contribution in [0.1, 0.15) is 42.0 Å². The van der Waals surface area contributed by atoms with E-state index in [1.165, 1.54) is 40.7 Å². The third-order valence-electron chi connectivity index (χ3n) is 5.83. The van der Waals surface area contributed by atoms with E-state index in [0.717, 1.165) is 50.6 Å². The normalized spacial score (nSPS) is 17.7. The molecule has 27 heavy (non-hydrogen) atoms. The predicted molar refractivity (Wildman–Crippen MR) is 108 cm³/mol. The van der Waals surface area contributed by atoms with E-state index >= 15 is 0 Å². The molecule has 0 radical (unpaired) electrons. The molecule has 4 heterocycles. The second kappa shape index (κ2) is 6.89. The van der Waals surface area contributed by atoms with Gasteiger partial charge in [-0.3, -0.25) is 9.89 Å². The third kappa shape index (κ3) is 3.16. The highest BCUT2D eigenvalue weighted by molar-refractivity contribution is 5.97. The first-order valence-electron chi connectivity index (χ1n) is 9.92. The highest BCUT2D eigenvalue weighted by Gasteiger charge is 2.21. The van der Waals surface area contributed by atoms with Crippen molar-refractivity contribution in [3.05, 3.63) is 59.3 Å². The highest BCUT2D eigenvalue weighted by atomic mass is 15.2. The zero-order valence-corrected chi connectivity index (χ0v) is 15.9. The van der Waals surface area contributed by atoms with Crippen LogP contribution in [-0.4, -0.2) is 38.2 Å². The monoisotopic (exact) mass is 359 g/mol. The van der Waals surface area contributed by atoms with Gasteiger partial charge in [-0.15, -0.1) is 0 Å². The van der Waals surface area contributed by atoms with Crippen molar-refractivity contribution in [1.29, 1.82) is 0 Å². The van der Waals surface area contributed by atoms with E-state index in [9.17, 15) is 0 Å². The molecule has 0 saturated carbocycles. The van der Waals surface area contributed by atoms with Gasteiger partial charge < -0.3 is 4.57 Å². The first-order valence-corrected chi connectivity index (χ1v) is 9.92. The van der Waals surface area contributed by atoms with Crippen molar-refractivity contribution in [1.82, 2.24) is 19.4 Å². The van der Waals surface area contributed by atoms with Crippen molar-refractivity contribution in [3.8, 4) is 0 Å². The number of hydrogen-bond donors (Lipinski definition) is 0. The second-order valence-corrected chi connectivity index (χ2v) is 7.67. The number of aryl methyl sites for hydroxylation is 1. The third-order valence-corrected chi connectivity index (χ3v) is 5.83. The molecule has 2 aromatic heterocycles. The molecule has 0 N–H and O–H groups in total. The lowest BCUT2D eigenvalue weighted by atomic mass is 10.1. The predicted octanol–water partition coefficient (Wildman–Crippen LogP) is 3.50. The summed E-state index contributed by atoms with van der Waals surface area (Å²) in [4.78, 5) is 16.6. The Kier molecular flexibility index (Phi) is 4.24. The zero-order valence-electron chi connectivity index (χ0n) is 15.9. The number of aromatic nitrogens is 3. The summed E-state index contributed by atoms with van der Waals surface area (Å²) in [5.41, 5.74) is 6.23. The van der Waals surface area contributed by atoms with Crippen LogP contribution in [0, 0.1) is 0 Å². The number of aliphatic imine (C=N–C) groups is 1. The Morgan fingerprint density at radius 1 is 1.11 bits per heavy atom. The molecular weight excluding hydrogens is 334 g/mol. The number of rotatable bonds is 3. The minimum atomic E-state index is 0.857. The van der Waals surface area contributed by atoms with Crippen LogP contribution in [0.2, 0.25) is 0 Å². The van der Waals surface area contributed by atoms with Gasteiger partial charge >= 0.3 is 0 Å². The molecule has 3 aromatic rings. The average molecular weight is 359 g/mol. The van der Waals surface area contributed by atoms with Gasteiger partial charge in [0.05, 0.1) is 11.4 Å². The SMILES string of the molecule is Cn1c(CN2CCc3nc(C4=NCCCC4)ncc3C2)cc2ccccc21. The fourth-order valence-corrected chi connectivity index (χ4v) is 4.26. The Labute approximate surface area is 159 Å². The van der Waals surface area contributed by atoms with Gasteiger partial charge in [0.2, 0.25) is 0 Å². The summed E-state index contributed by atoms with van der Waals surface area (Å²) in [6.45, 7) is 3.84. The summed E-state index contributed by atoms with van der Waals surface area (Å²) >= 11 is 0. The van der Waals surface area contributed by atoms with Crippen LogP contribution in [0.5, 0.6) is 0 Å². The van der Waals surface area contributed by atoms with E-state index in [1.54, 1.807) is 0 Å².